The van der Waals surface area contributed by atoms with Gasteiger partial charge in [-0.15, -0.1) is 0 Å². The molecule has 0 spiro atoms. The van der Waals surface area contributed by atoms with Gasteiger partial charge in [-0.25, -0.2) is 13.1 Å². The maximum atomic E-state index is 12.7. The van der Waals surface area contributed by atoms with E-state index in [1.165, 1.54) is 19.2 Å². The minimum atomic E-state index is -3.88. The van der Waals surface area contributed by atoms with Crippen LogP contribution in [-0.4, -0.2) is 58.5 Å². The van der Waals surface area contributed by atoms with Crippen molar-refractivity contribution in [2.45, 2.75) is 36.1 Å². The molecule has 2 aromatic carbocycles. The van der Waals surface area contributed by atoms with Crippen molar-refractivity contribution >= 4 is 15.9 Å². The Kier molecular flexibility index (Phi) is 8.45. The van der Waals surface area contributed by atoms with Crippen molar-refractivity contribution in [2.75, 3.05) is 20.8 Å². The zero-order chi connectivity index (χ0) is 23.8. The van der Waals surface area contributed by atoms with Gasteiger partial charge in [-0.1, -0.05) is 30.4 Å². The van der Waals surface area contributed by atoms with Crippen LogP contribution in [0.4, 0.5) is 0 Å². The number of carbonyl (C=O) groups excluding carboxylic acids is 1. The molecule has 2 aromatic rings. The van der Waals surface area contributed by atoms with Crippen LogP contribution < -0.4 is 19.5 Å². The van der Waals surface area contributed by atoms with E-state index in [2.05, 4.69) is 10.0 Å². The summed E-state index contributed by atoms with van der Waals surface area (Å²) in [5, 5.41) is 12.6. The van der Waals surface area contributed by atoms with Gasteiger partial charge in [0.05, 0.1) is 44.3 Å². The molecule has 10 heteroatoms. The largest absolute Gasteiger partial charge is 0.497 e. The molecule has 0 saturated heterocycles. The number of aliphatic hydroxyl groups excluding tert-OH is 1. The summed E-state index contributed by atoms with van der Waals surface area (Å²) in [5.74, 6) is 0.915. The van der Waals surface area contributed by atoms with Gasteiger partial charge in [0.1, 0.15) is 17.6 Å². The van der Waals surface area contributed by atoms with Gasteiger partial charge >= 0.3 is 0 Å². The lowest BCUT2D eigenvalue weighted by Gasteiger charge is -2.31. The Bertz CT molecular complexity index is 1070. The van der Waals surface area contributed by atoms with Gasteiger partial charge in [-0.3, -0.25) is 4.79 Å². The summed E-state index contributed by atoms with van der Waals surface area (Å²) in [6.45, 7) is -0.0642. The van der Waals surface area contributed by atoms with Crippen molar-refractivity contribution in [3.05, 3.63) is 66.2 Å². The number of aliphatic hydroxyl groups is 1. The van der Waals surface area contributed by atoms with Crippen molar-refractivity contribution in [3.63, 3.8) is 0 Å². The highest BCUT2D eigenvalue weighted by Crippen LogP contribution is 2.21. The SMILES string of the molecule is COc1ccc(CNC(=O)C[C@@H]2C=C[C@H](NS(=O)(=O)c3cccc(OC)c3)[C@@H](CO)O2)cc1. The van der Waals surface area contributed by atoms with Gasteiger partial charge in [-0.2, -0.15) is 0 Å². The third-order valence-corrected chi connectivity index (χ3v) is 6.60. The summed E-state index contributed by atoms with van der Waals surface area (Å²) >= 11 is 0. The van der Waals surface area contributed by atoms with Crippen LogP contribution in [0, 0.1) is 0 Å². The molecular formula is C23H28N2O7S. The van der Waals surface area contributed by atoms with Crippen molar-refractivity contribution in [2.24, 2.45) is 0 Å². The standard InChI is InChI=1S/C23H28N2O7S/c1-30-17-8-6-16(7-9-17)14-24-23(27)13-19-10-11-21(22(15-26)32-19)25-33(28,29)20-5-3-4-18(12-20)31-2/h3-12,19,21-22,25-26H,13-15H2,1-2H3,(H,24,27)/t19-,21-,22+/m0/s1. The summed E-state index contributed by atoms with van der Waals surface area (Å²) in [4.78, 5) is 12.4. The number of amides is 1. The number of carbonyl (C=O) groups is 1. The molecule has 0 radical (unpaired) electrons. The Morgan fingerprint density at radius 2 is 1.79 bits per heavy atom. The third-order valence-electron chi connectivity index (χ3n) is 5.14. The molecular weight excluding hydrogens is 448 g/mol. The molecule has 1 aliphatic rings. The number of benzene rings is 2. The minimum Gasteiger partial charge on any atom is -0.497 e. The highest BCUT2D eigenvalue weighted by molar-refractivity contribution is 7.89. The van der Waals surface area contributed by atoms with E-state index < -0.39 is 34.9 Å². The topological polar surface area (TPSA) is 123 Å². The highest BCUT2D eigenvalue weighted by Gasteiger charge is 2.31. The van der Waals surface area contributed by atoms with Gasteiger partial charge in [-0.05, 0) is 29.8 Å². The van der Waals surface area contributed by atoms with Gasteiger partial charge in [0.2, 0.25) is 15.9 Å². The van der Waals surface area contributed by atoms with Crippen LogP contribution in [0.1, 0.15) is 12.0 Å². The molecule has 0 bridgehead atoms. The molecule has 3 atom stereocenters. The Labute approximate surface area is 193 Å². The molecule has 0 aromatic heterocycles. The van der Waals surface area contributed by atoms with Crippen LogP contribution in [0.15, 0.2) is 65.6 Å². The van der Waals surface area contributed by atoms with E-state index in [9.17, 15) is 18.3 Å². The number of methoxy groups -OCH3 is 2. The van der Waals surface area contributed by atoms with E-state index >= 15 is 0 Å². The zero-order valence-corrected chi connectivity index (χ0v) is 19.2. The maximum absolute atomic E-state index is 12.7. The quantitative estimate of drug-likeness (QED) is 0.443. The van der Waals surface area contributed by atoms with E-state index in [1.54, 1.807) is 31.4 Å². The normalized spacial score (nSPS) is 20.3. The van der Waals surface area contributed by atoms with Crippen LogP contribution in [0.25, 0.3) is 0 Å². The fourth-order valence-electron chi connectivity index (χ4n) is 3.32. The molecule has 33 heavy (non-hydrogen) atoms. The number of hydrogen-bond donors (Lipinski definition) is 3. The van der Waals surface area contributed by atoms with Crippen LogP contribution in [-0.2, 0) is 26.1 Å². The van der Waals surface area contributed by atoms with Crippen molar-refractivity contribution in [1.82, 2.24) is 10.0 Å². The van der Waals surface area contributed by atoms with Crippen molar-refractivity contribution < 1.29 is 32.5 Å². The number of ether oxygens (including phenoxy) is 3. The monoisotopic (exact) mass is 476 g/mol. The maximum Gasteiger partial charge on any atom is 0.241 e. The smallest absolute Gasteiger partial charge is 0.241 e. The van der Waals surface area contributed by atoms with E-state index in [-0.39, 0.29) is 17.2 Å². The lowest BCUT2D eigenvalue weighted by Crippen LogP contribution is -2.49. The molecule has 0 unspecified atom stereocenters. The van der Waals surface area contributed by atoms with Crippen LogP contribution in [0.5, 0.6) is 11.5 Å². The van der Waals surface area contributed by atoms with Gasteiger partial charge in [0.25, 0.3) is 0 Å². The number of sulfonamides is 1. The second-order valence-corrected chi connectivity index (χ2v) is 9.15. The van der Waals surface area contributed by atoms with E-state index in [0.29, 0.717) is 12.3 Å². The lowest BCUT2D eigenvalue weighted by molar-refractivity contribution is -0.125. The van der Waals surface area contributed by atoms with Gasteiger partial charge in [0, 0.05) is 12.6 Å². The molecule has 0 aliphatic carbocycles. The van der Waals surface area contributed by atoms with E-state index in [4.69, 9.17) is 14.2 Å². The minimum absolute atomic E-state index is 0.0342. The van der Waals surface area contributed by atoms with Gasteiger partial charge in [0.15, 0.2) is 0 Å². The average molecular weight is 477 g/mol. The molecule has 0 saturated carbocycles. The summed E-state index contributed by atoms with van der Waals surface area (Å²) < 4.78 is 44.0. The molecule has 178 valence electrons. The summed E-state index contributed by atoms with van der Waals surface area (Å²) in [6, 6.07) is 12.6. The predicted molar refractivity (Wildman–Crippen MR) is 121 cm³/mol. The molecule has 1 heterocycles. The Morgan fingerprint density at radius 1 is 1.06 bits per heavy atom. The van der Waals surface area contributed by atoms with Crippen LogP contribution in [0.3, 0.4) is 0 Å². The summed E-state index contributed by atoms with van der Waals surface area (Å²) in [6.07, 6.45) is 1.84. The first-order chi connectivity index (χ1) is 15.8. The van der Waals surface area contributed by atoms with Crippen molar-refractivity contribution in [1.29, 1.82) is 0 Å². The number of hydrogen-bond acceptors (Lipinski definition) is 7. The first-order valence-corrected chi connectivity index (χ1v) is 11.8. The van der Waals surface area contributed by atoms with Crippen LogP contribution >= 0.6 is 0 Å². The Morgan fingerprint density at radius 3 is 2.45 bits per heavy atom. The zero-order valence-electron chi connectivity index (χ0n) is 18.4. The predicted octanol–water partition coefficient (Wildman–Crippen LogP) is 1.37. The Balaban J connectivity index is 1.57. The molecule has 3 rings (SSSR count). The highest BCUT2D eigenvalue weighted by atomic mass is 32.2. The average Bonchev–Trinajstić information content (AvgIpc) is 2.83. The Hall–Kier alpha value is -2.92. The molecule has 1 amide bonds. The first-order valence-electron chi connectivity index (χ1n) is 10.3. The molecule has 3 N–H and O–H groups in total. The summed E-state index contributed by atoms with van der Waals surface area (Å²) in [5.41, 5.74) is 0.921. The fraction of sp³-hybridized carbons (Fsp3) is 0.348. The first kappa shape index (κ1) is 24.7. The van der Waals surface area contributed by atoms with Crippen LogP contribution in [0.2, 0.25) is 0 Å². The molecule has 0 fully saturated rings. The van der Waals surface area contributed by atoms with E-state index in [0.717, 1.165) is 11.3 Å². The third kappa shape index (κ3) is 6.78. The second-order valence-electron chi connectivity index (χ2n) is 7.44. The second kappa shape index (κ2) is 11.3. The number of nitrogens with one attached hydrogen (secondary N) is 2. The van der Waals surface area contributed by atoms with Gasteiger partial charge < -0.3 is 24.6 Å². The van der Waals surface area contributed by atoms with E-state index in [1.807, 2.05) is 24.3 Å². The molecule has 9 nitrogen and oxygen atoms in total. The molecule has 1 aliphatic heterocycles. The van der Waals surface area contributed by atoms with Crippen molar-refractivity contribution in [3.8, 4) is 11.5 Å². The summed E-state index contributed by atoms with van der Waals surface area (Å²) in [7, 11) is -0.845. The fourth-order valence-corrected chi connectivity index (χ4v) is 4.58. The lowest BCUT2D eigenvalue weighted by atomic mass is 10.1. The number of rotatable bonds is 10.